The van der Waals surface area contributed by atoms with E-state index >= 15 is 0 Å². The average Bonchev–Trinajstić information content (AvgIpc) is 2.36. The van der Waals surface area contributed by atoms with E-state index in [1.807, 2.05) is 6.92 Å². The van der Waals surface area contributed by atoms with Crippen LogP contribution in [0.1, 0.15) is 19.8 Å². The van der Waals surface area contributed by atoms with Gasteiger partial charge in [-0.05, 0) is 19.8 Å². The van der Waals surface area contributed by atoms with E-state index in [-0.39, 0.29) is 11.6 Å². The molecule has 10 heavy (non-hydrogen) atoms. The lowest BCUT2D eigenvalue weighted by atomic mass is 9.94. The van der Waals surface area contributed by atoms with Gasteiger partial charge in [-0.2, -0.15) is 0 Å². The van der Waals surface area contributed by atoms with E-state index in [1.165, 1.54) is 0 Å². The third-order valence-electron chi connectivity index (χ3n) is 2.09. The van der Waals surface area contributed by atoms with E-state index in [9.17, 15) is 0 Å². The monoisotopic (exact) mass is 139 g/mol. The Balaban J connectivity index is 2.60. The number of nitrogens with two attached hydrogens (primary N) is 1. The largest absolute Gasteiger partial charge is 0.373 e. The number of ether oxygens (including phenoxy) is 1. The SMILES string of the molecule is C#CC(N)C1(C)CCCO1. The second-order valence-electron chi connectivity index (χ2n) is 2.91. The van der Waals surface area contributed by atoms with Crippen molar-refractivity contribution >= 4 is 0 Å². The minimum absolute atomic E-state index is 0.255. The first kappa shape index (κ1) is 7.59. The molecule has 1 fully saturated rings. The maximum Gasteiger partial charge on any atom is 0.0953 e. The first-order valence-electron chi connectivity index (χ1n) is 3.55. The first-order valence-corrected chi connectivity index (χ1v) is 3.55. The Morgan fingerprint density at radius 1 is 1.80 bits per heavy atom. The van der Waals surface area contributed by atoms with Crippen LogP contribution in [0.25, 0.3) is 0 Å². The van der Waals surface area contributed by atoms with Crippen molar-refractivity contribution in [1.82, 2.24) is 0 Å². The van der Waals surface area contributed by atoms with Crippen molar-refractivity contribution in [2.45, 2.75) is 31.4 Å². The van der Waals surface area contributed by atoms with Gasteiger partial charge in [-0.15, -0.1) is 6.42 Å². The molecule has 0 aromatic carbocycles. The molecule has 56 valence electrons. The van der Waals surface area contributed by atoms with Gasteiger partial charge in [-0.3, -0.25) is 0 Å². The quantitative estimate of drug-likeness (QED) is 0.537. The standard InChI is InChI=1S/C8H13NO/c1-3-7(9)8(2)5-4-6-10-8/h1,7H,4-6,9H2,2H3. The van der Waals surface area contributed by atoms with Crippen LogP contribution < -0.4 is 5.73 Å². The molecular weight excluding hydrogens is 126 g/mol. The molecule has 2 nitrogen and oxygen atoms in total. The summed E-state index contributed by atoms with van der Waals surface area (Å²) in [6.45, 7) is 2.77. The van der Waals surface area contributed by atoms with Gasteiger partial charge in [0.15, 0.2) is 0 Å². The zero-order valence-corrected chi connectivity index (χ0v) is 6.26. The summed E-state index contributed by atoms with van der Waals surface area (Å²) in [4.78, 5) is 0. The summed E-state index contributed by atoms with van der Waals surface area (Å²) in [6.07, 6.45) is 7.24. The van der Waals surface area contributed by atoms with Crippen LogP contribution in [-0.4, -0.2) is 18.2 Å². The van der Waals surface area contributed by atoms with Gasteiger partial charge in [0.25, 0.3) is 0 Å². The van der Waals surface area contributed by atoms with Gasteiger partial charge in [0.2, 0.25) is 0 Å². The predicted octanol–water partition coefficient (Wildman–Crippen LogP) is 0.516. The first-order chi connectivity index (χ1) is 4.69. The smallest absolute Gasteiger partial charge is 0.0953 e. The predicted molar refractivity (Wildman–Crippen MR) is 40.4 cm³/mol. The Kier molecular flexibility index (Phi) is 1.98. The van der Waals surface area contributed by atoms with Gasteiger partial charge >= 0.3 is 0 Å². The summed E-state index contributed by atoms with van der Waals surface area (Å²) in [5, 5.41) is 0. The number of hydrogen-bond donors (Lipinski definition) is 1. The maximum absolute atomic E-state index is 5.65. The summed E-state index contributed by atoms with van der Waals surface area (Å²) in [5.74, 6) is 2.50. The molecule has 2 atom stereocenters. The van der Waals surface area contributed by atoms with Crippen molar-refractivity contribution < 1.29 is 4.74 Å². The molecule has 2 heteroatoms. The molecule has 0 aromatic heterocycles. The van der Waals surface area contributed by atoms with Gasteiger partial charge in [0.1, 0.15) is 0 Å². The third-order valence-corrected chi connectivity index (χ3v) is 2.09. The molecule has 2 N–H and O–H groups in total. The highest BCUT2D eigenvalue weighted by Crippen LogP contribution is 2.26. The molecule has 0 spiro atoms. The Hall–Kier alpha value is -0.520. The van der Waals surface area contributed by atoms with E-state index in [0.29, 0.717) is 0 Å². The Labute approximate surface area is 61.7 Å². The lowest BCUT2D eigenvalue weighted by molar-refractivity contribution is 0.0126. The molecule has 1 rings (SSSR count). The Morgan fingerprint density at radius 2 is 2.50 bits per heavy atom. The van der Waals surface area contributed by atoms with Crippen molar-refractivity contribution in [2.75, 3.05) is 6.61 Å². The molecule has 2 unspecified atom stereocenters. The van der Waals surface area contributed by atoms with Crippen LogP contribution in [0.15, 0.2) is 0 Å². The summed E-state index contributed by atoms with van der Waals surface area (Å²) in [7, 11) is 0. The molecule has 0 amide bonds. The molecule has 0 aromatic rings. The topological polar surface area (TPSA) is 35.2 Å². The minimum atomic E-state index is -0.255. The van der Waals surface area contributed by atoms with E-state index in [4.69, 9.17) is 16.9 Å². The Bertz CT molecular complexity index is 153. The fraction of sp³-hybridized carbons (Fsp3) is 0.750. The second kappa shape index (κ2) is 2.61. The van der Waals surface area contributed by atoms with Crippen LogP contribution in [0.3, 0.4) is 0 Å². The summed E-state index contributed by atoms with van der Waals surface area (Å²) in [6, 6.07) is -0.255. The van der Waals surface area contributed by atoms with Crippen molar-refractivity contribution in [1.29, 1.82) is 0 Å². The molecule has 1 aliphatic rings. The number of hydrogen-bond acceptors (Lipinski definition) is 2. The van der Waals surface area contributed by atoms with E-state index in [1.54, 1.807) is 0 Å². The molecule has 0 radical (unpaired) electrons. The molecular formula is C8H13NO. The lowest BCUT2D eigenvalue weighted by Crippen LogP contribution is -2.43. The molecule has 1 saturated heterocycles. The van der Waals surface area contributed by atoms with Crippen molar-refractivity contribution in [3.8, 4) is 12.3 Å². The highest BCUT2D eigenvalue weighted by Gasteiger charge is 2.34. The normalized spacial score (nSPS) is 35.3. The molecule has 1 aliphatic heterocycles. The maximum atomic E-state index is 5.65. The van der Waals surface area contributed by atoms with Crippen LogP contribution in [0.4, 0.5) is 0 Å². The van der Waals surface area contributed by atoms with Crippen molar-refractivity contribution in [3.63, 3.8) is 0 Å². The van der Waals surface area contributed by atoms with Crippen LogP contribution in [0.5, 0.6) is 0 Å². The zero-order chi connectivity index (χ0) is 7.61. The summed E-state index contributed by atoms with van der Waals surface area (Å²) < 4.78 is 5.43. The van der Waals surface area contributed by atoms with Crippen LogP contribution in [-0.2, 0) is 4.74 Å². The second-order valence-corrected chi connectivity index (χ2v) is 2.91. The zero-order valence-electron chi connectivity index (χ0n) is 6.26. The summed E-state index contributed by atoms with van der Waals surface area (Å²) in [5.41, 5.74) is 5.40. The van der Waals surface area contributed by atoms with Gasteiger partial charge in [-0.1, -0.05) is 5.92 Å². The van der Waals surface area contributed by atoms with Crippen LogP contribution in [0.2, 0.25) is 0 Å². The molecule has 0 bridgehead atoms. The van der Waals surface area contributed by atoms with Crippen LogP contribution in [0, 0.1) is 12.3 Å². The van der Waals surface area contributed by atoms with Crippen molar-refractivity contribution in [2.24, 2.45) is 5.73 Å². The highest BCUT2D eigenvalue weighted by atomic mass is 16.5. The van der Waals surface area contributed by atoms with Crippen molar-refractivity contribution in [3.05, 3.63) is 0 Å². The van der Waals surface area contributed by atoms with E-state index in [0.717, 1.165) is 19.4 Å². The van der Waals surface area contributed by atoms with E-state index in [2.05, 4.69) is 5.92 Å². The lowest BCUT2D eigenvalue weighted by Gasteiger charge is -2.26. The Morgan fingerprint density at radius 3 is 2.90 bits per heavy atom. The average molecular weight is 139 g/mol. The number of rotatable bonds is 1. The fourth-order valence-electron chi connectivity index (χ4n) is 1.22. The molecule has 1 heterocycles. The molecule has 0 saturated carbocycles. The molecule has 0 aliphatic carbocycles. The number of terminal acetylenes is 1. The van der Waals surface area contributed by atoms with Gasteiger partial charge in [0.05, 0.1) is 11.6 Å². The van der Waals surface area contributed by atoms with Gasteiger partial charge < -0.3 is 10.5 Å². The van der Waals surface area contributed by atoms with Gasteiger partial charge in [0, 0.05) is 6.61 Å². The van der Waals surface area contributed by atoms with Gasteiger partial charge in [-0.25, -0.2) is 0 Å². The summed E-state index contributed by atoms with van der Waals surface area (Å²) >= 11 is 0. The third kappa shape index (κ3) is 1.16. The van der Waals surface area contributed by atoms with Crippen LogP contribution >= 0.6 is 0 Å². The fourth-order valence-corrected chi connectivity index (χ4v) is 1.22. The highest BCUT2D eigenvalue weighted by molar-refractivity contribution is 5.08. The van der Waals surface area contributed by atoms with E-state index < -0.39 is 0 Å². The minimum Gasteiger partial charge on any atom is -0.373 e.